The first kappa shape index (κ1) is 21.9. The van der Waals surface area contributed by atoms with Gasteiger partial charge in [-0.25, -0.2) is 12.8 Å². The van der Waals surface area contributed by atoms with E-state index in [2.05, 4.69) is 0 Å². The van der Waals surface area contributed by atoms with Crippen molar-refractivity contribution in [3.8, 4) is 11.1 Å². The number of aliphatic hydroxyl groups is 1. The molecule has 8 nitrogen and oxygen atoms in total. The molecule has 2 heterocycles. The van der Waals surface area contributed by atoms with Crippen molar-refractivity contribution in [2.45, 2.75) is 42.7 Å². The number of nitrogens with two attached hydrogens (primary N) is 1. The van der Waals surface area contributed by atoms with E-state index >= 15 is 4.39 Å². The molecule has 2 fully saturated rings. The Morgan fingerprint density at radius 2 is 1.84 bits per heavy atom. The van der Waals surface area contributed by atoms with Gasteiger partial charge >= 0.3 is 0 Å². The maximum Gasteiger partial charge on any atom is 0.243 e. The molecule has 168 valence electrons. The van der Waals surface area contributed by atoms with Gasteiger partial charge in [-0.1, -0.05) is 6.07 Å². The van der Waals surface area contributed by atoms with Crippen LogP contribution in [0.15, 0.2) is 29.3 Å². The van der Waals surface area contributed by atoms with Gasteiger partial charge in [0, 0.05) is 48.2 Å². The van der Waals surface area contributed by atoms with Crippen LogP contribution in [0.1, 0.15) is 37.3 Å². The van der Waals surface area contributed by atoms with E-state index < -0.39 is 15.8 Å². The second kappa shape index (κ2) is 8.70. The standard InChI is InChI=1S/C21H27FN4O4S/c22-20-11-16(31(28,29)25-7-9-30-10-8-25)5-6-17(20)19-13-26(21(24)18(19)12-23)14-1-3-15(27)4-2-14/h5-6,11-15,23,27H,1-4,7-10,24H2. The van der Waals surface area contributed by atoms with Gasteiger partial charge in [-0.05, 0) is 37.8 Å². The van der Waals surface area contributed by atoms with Crippen molar-refractivity contribution in [2.75, 3.05) is 32.0 Å². The molecule has 2 aromatic rings. The summed E-state index contributed by atoms with van der Waals surface area (Å²) < 4.78 is 49.1. The second-order valence-corrected chi connectivity index (χ2v) is 9.95. The number of rotatable bonds is 5. The fourth-order valence-electron chi connectivity index (χ4n) is 4.37. The van der Waals surface area contributed by atoms with Gasteiger partial charge in [-0.2, -0.15) is 4.31 Å². The van der Waals surface area contributed by atoms with E-state index in [1.165, 1.54) is 16.4 Å². The predicted molar refractivity (Wildman–Crippen MR) is 115 cm³/mol. The summed E-state index contributed by atoms with van der Waals surface area (Å²) in [5.74, 6) is -0.315. The lowest BCUT2D eigenvalue weighted by Gasteiger charge is -2.27. The molecule has 2 aliphatic rings. The molecule has 4 rings (SSSR count). The van der Waals surface area contributed by atoms with Gasteiger partial charge in [0.05, 0.1) is 24.2 Å². The number of nitrogens with zero attached hydrogens (tertiary/aromatic N) is 2. The Labute approximate surface area is 181 Å². The number of aromatic nitrogens is 1. The number of sulfonamides is 1. The van der Waals surface area contributed by atoms with Crippen LogP contribution >= 0.6 is 0 Å². The van der Waals surface area contributed by atoms with Crippen LogP contribution in [-0.4, -0.2) is 61.0 Å². The number of anilines is 1. The summed E-state index contributed by atoms with van der Waals surface area (Å²) in [6.07, 6.45) is 5.34. The predicted octanol–water partition coefficient (Wildman–Crippen LogP) is 2.37. The Kier molecular flexibility index (Phi) is 6.16. The van der Waals surface area contributed by atoms with Gasteiger partial charge in [0.1, 0.15) is 11.6 Å². The summed E-state index contributed by atoms with van der Waals surface area (Å²) >= 11 is 0. The molecule has 0 spiro atoms. The van der Waals surface area contributed by atoms with Gasteiger partial charge < -0.3 is 25.6 Å². The molecule has 1 aromatic carbocycles. The van der Waals surface area contributed by atoms with E-state index in [0.717, 1.165) is 25.1 Å². The van der Waals surface area contributed by atoms with Crippen LogP contribution in [0.5, 0.6) is 0 Å². The number of halogens is 1. The minimum Gasteiger partial charge on any atom is -0.393 e. The minimum atomic E-state index is -3.81. The van der Waals surface area contributed by atoms with E-state index in [9.17, 15) is 13.5 Å². The molecule has 0 radical (unpaired) electrons. The van der Waals surface area contributed by atoms with Crippen molar-refractivity contribution in [3.63, 3.8) is 0 Å². The third kappa shape index (κ3) is 4.12. The molecule has 0 atom stereocenters. The zero-order chi connectivity index (χ0) is 22.2. The summed E-state index contributed by atoms with van der Waals surface area (Å²) in [5.41, 5.74) is 7.32. The summed E-state index contributed by atoms with van der Waals surface area (Å²) in [7, 11) is -3.81. The van der Waals surface area contributed by atoms with Gasteiger partial charge in [-0.15, -0.1) is 0 Å². The molecule has 31 heavy (non-hydrogen) atoms. The van der Waals surface area contributed by atoms with E-state index in [4.69, 9.17) is 15.9 Å². The van der Waals surface area contributed by atoms with Gasteiger partial charge in [0.15, 0.2) is 0 Å². The number of nitrogen functional groups attached to an aromatic ring is 1. The average Bonchev–Trinajstić information content (AvgIpc) is 3.10. The van der Waals surface area contributed by atoms with E-state index in [-0.39, 0.29) is 35.7 Å². The number of ether oxygens (including phenoxy) is 1. The van der Waals surface area contributed by atoms with Crippen LogP contribution in [0.25, 0.3) is 11.1 Å². The van der Waals surface area contributed by atoms with Gasteiger partial charge in [-0.3, -0.25) is 0 Å². The second-order valence-electron chi connectivity index (χ2n) is 8.01. The smallest absolute Gasteiger partial charge is 0.243 e. The largest absolute Gasteiger partial charge is 0.393 e. The SMILES string of the molecule is N=Cc1c(-c2ccc(S(=O)(=O)N3CCOCC3)cc2F)cn(C2CCC(O)CC2)c1N. The fraction of sp³-hybridized carbons (Fsp3) is 0.476. The lowest BCUT2D eigenvalue weighted by Crippen LogP contribution is -2.40. The van der Waals surface area contributed by atoms with Crippen molar-refractivity contribution in [2.24, 2.45) is 0 Å². The first-order valence-corrected chi connectivity index (χ1v) is 11.8. The van der Waals surface area contributed by atoms with E-state index in [0.29, 0.717) is 43.0 Å². The summed E-state index contributed by atoms with van der Waals surface area (Å²) in [4.78, 5) is -0.110. The van der Waals surface area contributed by atoms with E-state index in [1.54, 1.807) is 6.20 Å². The van der Waals surface area contributed by atoms with Crippen LogP contribution in [0.3, 0.4) is 0 Å². The first-order valence-electron chi connectivity index (χ1n) is 10.4. The lowest BCUT2D eigenvalue weighted by molar-refractivity contribution is 0.0730. The highest BCUT2D eigenvalue weighted by molar-refractivity contribution is 7.89. The summed E-state index contributed by atoms with van der Waals surface area (Å²) in [5, 5.41) is 17.5. The molecular formula is C21H27FN4O4S. The highest BCUT2D eigenvalue weighted by atomic mass is 32.2. The quantitative estimate of drug-likeness (QED) is 0.604. The molecular weight excluding hydrogens is 423 g/mol. The van der Waals surface area contributed by atoms with Crippen molar-refractivity contribution in [1.29, 1.82) is 5.41 Å². The molecule has 1 saturated carbocycles. The van der Waals surface area contributed by atoms with Crippen molar-refractivity contribution in [1.82, 2.24) is 8.87 Å². The molecule has 0 amide bonds. The Bertz CT molecular complexity index is 1070. The Morgan fingerprint density at radius 1 is 1.16 bits per heavy atom. The van der Waals surface area contributed by atoms with Crippen LogP contribution in [0.2, 0.25) is 0 Å². The Morgan fingerprint density at radius 3 is 2.45 bits per heavy atom. The number of hydrogen-bond acceptors (Lipinski definition) is 6. The highest BCUT2D eigenvalue weighted by Crippen LogP contribution is 2.37. The normalized spacial score (nSPS) is 23.0. The zero-order valence-electron chi connectivity index (χ0n) is 17.1. The third-order valence-electron chi connectivity index (χ3n) is 6.15. The van der Waals surface area contributed by atoms with Gasteiger partial charge in [0.25, 0.3) is 0 Å². The number of nitrogens with one attached hydrogen (secondary N) is 1. The lowest BCUT2D eigenvalue weighted by atomic mass is 9.93. The van der Waals surface area contributed by atoms with E-state index in [1.807, 2.05) is 4.57 Å². The molecule has 1 aliphatic carbocycles. The monoisotopic (exact) mass is 450 g/mol. The number of benzene rings is 1. The average molecular weight is 451 g/mol. The Balaban J connectivity index is 1.68. The molecule has 0 bridgehead atoms. The molecule has 4 N–H and O–H groups in total. The topological polar surface area (TPSA) is 122 Å². The van der Waals surface area contributed by atoms with Crippen molar-refractivity contribution in [3.05, 3.63) is 35.8 Å². The summed E-state index contributed by atoms with van der Waals surface area (Å²) in [6, 6.07) is 3.92. The molecule has 1 aromatic heterocycles. The maximum atomic E-state index is 15.1. The molecule has 10 heteroatoms. The number of morpholine rings is 1. The molecule has 0 unspecified atom stereocenters. The van der Waals surface area contributed by atoms with Crippen molar-refractivity contribution < 1.29 is 22.7 Å². The van der Waals surface area contributed by atoms with Crippen LogP contribution < -0.4 is 5.73 Å². The first-order chi connectivity index (χ1) is 14.8. The molecule has 1 saturated heterocycles. The van der Waals surface area contributed by atoms with Gasteiger partial charge in [0.2, 0.25) is 10.0 Å². The highest BCUT2D eigenvalue weighted by Gasteiger charge is 2.29. The third-order valence-corrected chi connectivity index (χ3v) is 8.05. The maximum absolute atomic E-state index is 15.1. The molecule has 1 aliphatic heterocycles. The van der Waals surface area contributed by atoms with Crippen LogP contribution in [-0.2, 0) is 14.8 Å². The Hall–Kier alpha value is -2.27. The fourth-order valence-corrected chi connectivity index (χ4v) is 5.79. The zero-order valence-corrected chi connectivity index (χ0v) is 17.9. The van der Waals surface area contributed by atoms with Crippen LogP contribution in [0, 0.1) is 11.2 Å². The van der Waals surface area contributed by atoms with Crippen LogP contribution in [0.4, 0.5) is 10.2 Å². The van der Waals surface area contributed by atoms with Crippen molar-refractivity contribution >= 4 is 22.1 Å². The minimum absolute atomic E-state index is 0.0693. The number of hydrogen-bond donors (Lipinski definition) is 3. The summed E-state index contributed by atoms with van der Waals surface area (Å²) in [6.45, 7) is 1.10. The number of aliphatic hydroxyl groups excluding tert-OH is 1.